The molecule has 0 spiro atoms. The van der Waals surface area contributed by atoms with Gasteiger partial charge in [-0.1, -0.05) is 28.1 Å². The molecule has 1 aliphatic rings. The number of benzene rings is 1. The highest BCUT2D eigenvalue weighted by Gasteiger charge is 2.57. The van der Waals surface area contributed by atoms with Crippen molar-refractivity contribution in [3.05, 3.63) is 34.3 Å². The van der Waals surface area contributed by atoms with E-state index >= 15 is 0 Å². The molecule has 0 aromatic heterocycles. The van der Waals surface area contributed by atoms with Gasteiger partial charge in [0, 0.05) is 10.9 Å². The first-order valence-electron chi connectivity index (χ1n) is 5.64. The zero-order valence-electron chi connectivity index (χ0n) is 9.90. The molecular weight excluding hydrogens is 284 g/mol. The number of hydrogen-bond donors (Lipinski definition) is 0. The highest BCUT2D eigenvalue weighted by atomic mass is 79.9. The number of hydrogen-bond acceptors (Lipinski definition) is 3. The number of ether oxygens (including phenoxy) is 2. The summed E-state index contributed by atoms with van der Waals surface area (Å²) < 4.78 is 11.5. The van der Waals surface area contributed by atoms with Gasteiger partial charge >= 0.3 is 5.97 Å². The monoisotopic (exact) mass is 298 g/mol. The normalized spacial score (nSPS) is 26.6. The van der Waals surface area contributed by atoms with Crippen LogP contribution in [0.4, 0.5) is 0 Å². The van der Waals surface area contributed by atoms with E-state index in [0.717, 1.165) is 16.5 Å². The Kier molecular flexibility index (Phi) is 3.54. The van der Waals surface area contributed by atoms with Gasteiger partial charge in [-0.05, 0) is 31.5 Å². The average Bonchev–Trinajstić information content (AvgIpc) is 2.95. The van der Waals surface area contributed by atoms with E-state index < -0.39 is 11.7 Å². The van der Waals surface area contributed by atoms with Crippen molar-refractivity contribution in [1.29, 1.82) is 0 Å². The molecule has 1 aliphatic heterocycles. The van der Waals surface area contributed by atoms with Crippen LogP contribution in [-0.2, 0) is 20.7 Å². The molecule has 92 valence electrons. The number of carbonyl (C=O) groups excluding carboxylic acids is 1. The molecule has 2 unspecified atom stereocenters. The van der Waals surface area contributed by atoms with Crippen LogP contribution in [0.15, 0.2) is 28.7 Å². The van der Waals surface area contributed by atoms with Gasteiger partial charge in [0.2, 0.25) is 0 Å². The lowest BCUT2D eigenvalue weighted by Crippen LogP contribution is -2.22. The molecule has 1 heterocycles. The van der Waals surface area contributed by atoms with E-state index in [1.54, 1.807) is 6.92 Å². The molecule has 17 heavy (non-hydrogen) atoms. The lowest BCUT2D eigenvalue weighted by Gasteiger charge is -2.06. The summed E-state index contributed by atoms with van der Waals surface area (Å²) in [5.74, 6) is -0.257. The molecule has 0 amide bonds. The summed E-state index contributed by atoms with van der Waals surface area (Å²) in [7, 11) is 0. The number of rotatable bonds is 4. The second kappa shape index (κ2) is 4.78. The van der Waals surface area contributed by atoms with Gasteiger partial charge in [0.25, 0.3) is 0 Å². The van der Waals surface area contributed by atoms with Crippen molar-refractivity contribution in [2.45, 2.75) is 32.0 Å². The lowest BCUT2D eigenvalue weighted by atomic mass is 9.98. The van der Waals surface area contributed by atoms with E-state index in [4.69, 9.17) is 9.47 Å². The minimum atomic E-state index is -0.411. The van der Waals surface area contributed by atoms with Crippen molar-refractivity contribution in [3.63, 3.8) is 0 Å². The zero-order valence-corrected chi connectivity index (χ0v) is 11.5. The first-order chi connectivity index (χ1) is 8.05. The number of epoxide rings is 1. The van der Waals surface area contributed by atoms with Gasteiger partial charge in [-0.15, -0.1) is 0 Å². The third-order valence-electron chi connectivity index (χ3n) is 2.85. The molecule has 3 nitrogen and oxygen atoms in total. The minimum Gasteiger partial charge on any atom is -0.464 e. The Morgan fingerprint density at radius 2 is 2.12 bits per heavy atom. The average molecular weight is 299 g/mol. The van der Waals surface area contributed by atoms with Crippen LogP contribution in [0, 0.1) is 0 Å². The molecule has 1 aromatic carbocycles. The molecule has 1 saturated heterocycles. The molecular formula is C13H15BrO3. The maximum atomic E-state index is 11.5. The van der Waals surface area contributed by atoms with Crippen molar-refractivity contribution in [3.8, 4) is 0 Å². The fourth-order valence-corrected chi connectivity index (χ4v) is 2.16. The SMILES string of the molecule is CCOC(=O)C1OC1(C)Cc1ccc(Br)cc1. The number of halogens is 1. The maximum Gasteiger partial charge on any atom is 0.338 e. The Bertz CT molecular complexity index is 415. The van der Waals surface area contributed by atoms with Crippen molar-refractivity contribution in [2.24, 2.45) is 0 Å². The Hall–Kier alpha value is -0.870. The van der Waals surface area contributed by atoms with Crippen LogP contribution in [-0.4, -0.2) is 24.3 Å². The molecule has 1 fully saturated rings. The van der Waals surface area contributed by atoms with Gasteiger partial charge in [-0.25, -0.2) is 4.79 Å². The summed E-state index contributed by atoms with van der Waals surface area (Å²) in [4.78, 5) is 11.5. The lowest BCUT2D eigenvalue weighted by molar-refractivity contribution is -0.144. The summed E-state index contributed by atoms with van der Waals surface area (Å²) in [5, 5.41) is 0. The van der Waals surface area contributed by atoms with Crippen LogP contribution in [0.25, 0.3) is 0 Å². The minimum absolute atomic E-state index is 0.257. The topological polar surface area (TPSA) is 38.8 Å². The van der Waals surface area contributed by atoms with E-state index in [-0.39, 0.29) is 5.97 Å². The fraction of sp³-hybridized carbons (Fsp3) is 0.462. The summed E-state index contributed by atoms with van der Waals surface area (Å²) in [6, 6.07) is 8.03. The third-order valence-corrected chi connectivity index (χ3v) is 3.38. The van der Waals surface area contributed by atoms with Gasteiger partial charge in [-0.2, -0.15) is 0 Å². The quantitative estimate of drug-likeness (QED) is 0.634. The van der Waals surface area contributed by atoms with Crippen LogP contribution in [0.3, 0.4) is 0 Å². The van der Waals surface area contributed by atoms with Gasteiger partial charge in [-0.3, -0.25) is 0 Å². The van der Waals surface area contributed by atoms with Gasteiger partial charge in [0.1, 0.15) is 5.60 Å². The Labute approximate surface area is 109 Å². The molecule has 2 atom stereocenters. The van der Waals surface area contributed by atoms with Crippen molar-refractivity contribution >= 4 is 21.9 Å². The molecule has 0 N–H and O–H groups in total. The highest BCUT2D eigenvalue weighted by Crippen LogP contribution is 2.40. The Balaban J connectivity index is 1.96. The molecule has 0 radical (unpaired) electrons. The molecule has 0 bridgehead atoms. The van der Waals surface area contributed by atoms with Crippen LogP contribution in [0.2, 0.25) is 0 Å². The number of carbonyl (C=O) groups is 1. The Morgan fingerprint density at radius 3 is 2.71 bits per heavy atom. The van der Waals surface area contributed by atoms with Gasteiger partial charge < -0.3 is 9.47 Å². The van der Waals surface area contributed by atoms with E-state index in [1.807, 2.05) is 31.2 Å². The van der Waals surface area contributed by atoms with Crippen molar-refractivity contribution in [2.75, 3.05) is 6.61 Å². The molecule has 0 saturated carbocycles. The summed E-state index contributed by atoms with van der Waals surface area (Å²) in [6.45, 7) is 4.13. The van der Waals surface area contributed by atoms with Crippen molar-refractivity contribution < 1.29 is 14.3 Å². The fourth-order valence-electron chi connectivity index (χ4n) is 1.89. The van der Waals surface area contributed by atoms with E-state index in [1.165, 1.54) is 0 Å². The van der Waals surface area contributed by atoms with Gasteiger partial charge in [0.05, 0.1) is 6.61 Å². The smallest absolute Gasteiger partial charge is 0.338 e. The zero-order chi connectivity index (χ0) is 12.5. The first kappa shape index (κ1) is 12.6. The largest absolute Gasteiger partial charge is 0.464 e. The van der Waals surface area contributed by atoms with Gasteiger partial charge in [0.15, 0.2) is 6.10 Å². The Morgan fingerprint density at radius 1 is 1.47 bits per heavy atom. The molecule has 1 aromatic rings. The highest BCUT2D eigenvalue weighted by molar-refractivity contribution is 9.10. The van der Waals surface area contributed by atoms with Crippen LogP contribution in [0.5, 0.6) is 0 Å². The maximum absolute atomic E-state index is 11.5. The predicted octanol–water partition coefficient (Wildman–Crippen LogP) is 2.71. The summed E-state index contributed by atoms with van der Waals surface area (Å²) >= 11 is 3.39. The summed E-state index contributed by atoms with van der Waals surface area (Å²) in [6.07, 6.45) is 0.315. The third kappa shape index (κ3) is 2.87. The van der Waals surface area contributed by atoms with Crippen LogP contribution in [0.1, 0.15) is 19.4 Å². The van der Waals surface area contributed by atoms with Crippen LogP contribution < -0.4 is 0 Å². The van der Waals surface area contributed by atoms with E-state index in [2.05, 4.69) is 15.9 Å². The predicted molar refractivity (Wildman–Crippen MR) is 67.8 cm³/mol. The summed E-state index contributed by atoms with van der Waals surface area (Å²) in [5.41, 5.74) is 0.752. The van der Waals surface area contributed by atoms with E-state index in [9.17, 15) is 4.79 Å². The second-order valence-corrected chi connectivity index (χ2v) is 5.28. The first-order valence-corrected chi connectivity index (χ1v) is 6.43. The van der Waals surface area contributed by atoms with Crippen molar-refractivity contribution in [1.82, 2.24) is 0 Å². The molecule has 0 aliphatic carbocycles. The molecule has 2 rings (SSSR count). The molecule has 4 heteroatoms. The number of esters is 1. The standard InChI is InChI=1S/C13H15BrO3/c1-3-16-12(15)11-13(2,17-11)8-9-4-6-10(14)7-5-9/h4-7,11H,3,8H2,1-2H3. The second-order valence-electron chi connectivity index (χ2n) is 4.37. The van der Waals surface area contributed by atoms with E-state index in [0.29, 0.717) is 6.61 Å². The van der Waals surface area contributed by atoms with Crippen LogP contribution >= 0.6 is 15.9 Å².